The van der Waals surface area contributed by atoms with Crippen LogP contribution in [0.5, 0.6) is 0 Å². The monoisotopic (exact) mass is 190 g/mol. The van der Waals surface area contributed by atoms with Crippen LogP contribution in [-0.2, 0) is 0 Å². The maximum atomic E-state index is 3.60. The first-order valence-corrected chi connectivity index (χ1v) is 5.26. The summed E-state index contributed by atoms with van der Waals surface area (Å²) < 4.78 is 0. The van der Waals surface area contributed by atoms with E-state index in [0.717, 1.165) is 13.0 Å². The second-order valence-corrected chi connectivity index (χ2v) is 4.39. The van der Waals surface area contributed by atoms with E-state index in [9.17, 15) is 0 Å². The van der Waals surface area contributed by atoms with Gasteiger partial charge < -0.3 is 10.6 Å². The molecule has 2 N–H and O–H groups in total. The lowest BCUT2D eigenvalue weighted by Gasteiger charge is -2.37. The van der Waals surface area contributed by atoms with Gasteiger partial charge in [-0.25, -0.2) is 0 Å². The molecule has 1 aromatic rings. The molecule has 1 atom stereocenters. The summed E-state index contributed by atoms with van der Waals surface area (Å²) in [7, 11) is 0. The Labute approximate surface area is 85.7 Å². The number of hydrogen-bond donors (Lipinski definition) is 2. The van der Waals surface area contributed by atoms with E-state index in [1.54, 1.807) is 0 Å². The number of rotatable bonds is 1. The second kappa shape index (κ2) is 3.19. The Morgan fingerprint density at radius 1 is 1.43 bits per heavy atom. The number of hydrogen-bond acceptors (Lipinski definition) is 2. The maximum absolute atomic E-state index is 3.60. The summed E-state index contributed by atoms with van der Waals surface area (Å²) in [6.45, 7) is 7.62. The third-order valence-corrected chi connectivity index (χ3v) is 3.14. The fourth-order valence-corrected chi connectivity index (χ4v) is 1.87. The van der Waals surface area contributed by atoms with Gasteiger partial charge in [0.15, 0.2) is 0 Å². The zero-order valence-corrected chi connectivity index (χ0v) is 9.15. The average molecular weight is 190 g/mol. The molecule has 1 aliphatic rings. The molecule has 1 aliphatic heterocycles. The van der Waals surface area contributed by atoms with Gasteiger partial charge in [-0.3, -0.25) is 0 Å². The maximum Gasteiger partial charge on any atom is 0.0606 e. The highest BCUT2D eigenvalue weighted by atomic mass is 15.1. The Hall–Kier alpha value is -1.18. The summed E-state index contributed by atoms with van der Waals surface area (Å²) >= 11 is 0. The highest BCUT2D eigenvalue weighted by Gasteiger charge is 2.27. The molecule has 0 aromatic heterocycles. The van der Waals surface area contributed by atoms with Crippen LogP contribution < -0.4 is 10.6 Å². The molecule has 1 heterocycles. The third-order valence-electron chi connectivity index (χ3n) is 3.14. The molecule has 2 nitrogen and oxygen atoms in total. The summed E-state index contributed by atoms with van der Waals surface area (Å²) in [6.07, 6.45) is 1.13. The first-order valence-electron chi connectivity index (χ1n) is 5.26. The Morgan fingerprint density at radius 2 is 2.21 bits per heavy atom. The van der Waals surface area contributed by atoms with Crippen molar-refractivity contribution in [2.75, 3.05) is 17.2 Å². The SMILES string of the molecule is CCC1(C)CNc2c(C)cccc2N1. The van der Waals surface area contributed by atoms with Crippen LogP contribution in [0.25, 0.3) is 0 Å². The van der Waals surface area contributed by atoms with Crippen LogP contribution in [0, 0.1) is 6.92 Å². The Morgan fingerprint density at radius 3 is 2.93 bits per heavy atom. The van der Waals surface area contributed by atoms with E-state index in [1.165, 1.54) is 16.9 Å². The van der Waals surface area contributed by atoms with Crippen molar-refractivity contribution in [3.8, 4) is 0 Å². The first-order chi connectivity index (χ1) is 6.64. The van der Waals surface area contributed by atoms with Crippen molar-refractivity contribution in [2.45, 2.75) is 32.7 Å². The van der Waals surface area contributed by atoms with Gasteiger partial charge in [0.1, 0.15) is 0 Å². The highest BCUT2D eigenvalue weighted by molar-refractivity contribution is 5.75. The largest absolute Gasteiger partial charge is 0.381 e. The molecule has 0 saturated carbocycles. The van der Waals surface area contributed by atoms with Crippen molar-refractivity contribution in [1.82, 2.24) is 0 Å². The minimum absolute atomic E-state index is 0.195. The molecule has 0 saturated heterocycles. The number of fused-ring (bicyclic) bond motifs is 1. The first kappa shape index (κ1) is 9.38. The minimum Gasteiger partial charge on any atom is -0.381 e. The lowest BCUT2D eigenvalue weighted by molar-refractivity contribution is 0.513. The van der Waals surface area contributed by atoms with Gasteiger partial charge in [-0.2, -0.15) is 0 Å². The van der Waals surface area contributed by atoms with E-state index in [4.69, 9.17) is 0 Å². The van der Waals surface area contributed by atoms with Gasteiger partial charge in [0.25, 0.3) is 0 Å². The van der Waals surface area contributed by atoms with Crippen LogP contribution in [0.4, 0.5) is 11.4 Å². The molecule has 2 rings (SSSR count). The molecule has 0 fully saturated rings. The number of benzene rings is 1. The minimum atomic E-state index is 0.195. The van der Waals surface area contributed by atoms with Crippen molar-refractivity contribution in [1.29, 1.82) is 0 Å². The standard InChI is InChI=1S/C12H18N2/c1-4-12(3)8-13-11-9(2)6-5-7-10(11)14-12/h5-7,13-14H,4,8H2,1-3H3. The highest BCUT2D eigenvalue weighted by Crippen LogP contribution is 2.33. The summed E-state index contributed by atoms with van der Waals surface area (Å²) in [6, 6.07) is 6.38. The van der Waals surface area contributed by atoms with Crippen molar-refractivity contribution < 1.29 is 0 Å². The topological polar surface area (TPSA) is 24.1 Å². The smallest absolute Gasteiger partial charge is 0.0606 e. The van der Waals surface area contributed by atoms with Crippen molar-refractivity contribution in [3.05, 3.63) is 23.8 Å². The third kappa shape index (κ3) is 1.45. The molecule has 0 amide bonds. The Kier molecular flexibility index (Phi) is 2.14. The molecule has 1 unspecified atom stereocenters. The van der Waals surface area contributed by atoms with E-state index < -0.39 is 0 Å². The molecule has 0 bridgehead atoms. The fourth-order valence-electron chi connectivity index (χ4n) is 1.87. The lowest BCUT2D eigenvalue weighted by atomic mass is 9.94. The van der Waals surface area contributed by atoms with Gasteiger partial charge in [0.2, 0.25) is 0 Å². The predicted molar refractivity (Wildman–Crippen MR) is 62.0 cm³/mol. The number of anilines is 2. The van der Waals surface area contributed by atoms with Crippen LogP contribution in [0.1, 0.15) is 25.8 Å². The zero-order valence-electron chi connectivity index (χ0n) is 9.15. The summed E-state index contributed by atoms with van der Waals surface area (Å²) in [5.41, 5.74) is 4.01. The van der Waals surface area contributed by atoms with Crippen LogP contribution in [0.2, 0.25) is 0 Å². The van der Waals surface area contributed by atoms with Gasteiger partial charge in [-0.1, -0.05) is 19.1 Å². The van der Waals surface area contributed by atoms with Crippen molar-refractivity contribution >= 4 is 11.4 Å². The van der Waals surface area contributed by atoms with E-state index in [2.05, 4.69) is 49.6 Å². The summed E-state index contributed by atoms with van der Waals surface area (Å²) in [4.78, 5) is 0. The van der Waals surface area contributed by atoms with E-state index in [-0.39, 0.29) is 5.54 Å². The van der Waals surface area contributed by atoms with Crippen LogP contribution in [0.3, 0.4) is 0 Å². The molecule has 14 heavy (non-hydrogen) atoms. The molecule has 0 radical (unpaired) electrons. The van der Waals surface area contributed by atoms with E-state index in [0.29, 0.717) is 0 Å². The lowest BCUT2D eigenvalue weighted by Crippen LogP contribution is -2.44. The molecule has 1 aromatic carbocycles. The average Bonchev–Trinajstić information content (AvgIpc) is 2.18. The molecule has 76 valence electrons. The number of para-hydroxylation sites is 1. The van der Waals surface area contributed by atoms with Crippen LogP contribution >= 0.6 is 0 Å². The second-order valence-electron chi connectivity index (χ2n) is 4.39. The molecule has 2 heteroatoms. The van der Waals surface area contributed by atoms with Gasteiger partial charge >= 0.3 is 0 Å². The number of aryl methyl sites for hydroxylation is 1. The zero-order chi connectivity index (χ0) is 10.2. The normalized spacial score (nSPS) is 24.8. The Bertz CT molecular complexity index is 346. The van der Waals surface area contributed by atoms with Crippen molar-refractivity contribution in [2.24, 2.45) is 0 Å². The van der Waals surface area contributed by atoms with Gasteiger partial charge in [0, 0.05) is 6.54 Å². The molecular weight excluding hydrogens is 172 g/mol. The Balaban J connectivity index is 2.36. The quantitative estimate of drug-likeness (QED) is 0.711. The fraction of sp³-hybridized carbons (Fsp3) is 0.500. The summed E-state index contributed by atoms with van der Waals surface area (Å²) in [5, 5.41) is 7.11. The van der Waals surface area contributed by atoms with Crippen LogP contribution in [-0.4, -0.2) is 12.1 Å². The van der Waals surface area contributed by atoms with E-state index >= 15 is 0 Å². The predicted octanol–water partition coefficient (Wildman–Crippen LogP) is 3.00. The molecular formula is C12H18N2. The molecule has 0 spiro atoms. The summed E-state index contributed by atoms with van der Waals surface area (Å²) in [5.74, 6) is 0. The van der Waals surface area contributed by atoms with E-state index in [1.807, 2.05) is 0 Å². The number of nitrogens with one attached hydrogen (secondary N) is 2. The van der Waals surface area contributed by atoms with Gasteiger partial charge in [-0.15, -0.1) is 0 Å². The van der Waals surface area contributed by atoms with Gasteiger partial charge in [-0.05, 0) is 31.9 Å². The van der Waals surface area contributed by atoms with Crippen LogP contribution in [0.15, 0.2) is 18.2 Å². The van der Waals surface area contributed by atoms with Crippen molar-refractivity contribution in [3.63, 3.8) is 0 Å². The van der Waals surface area contributed by atoms with Gasteiger partial charge in [0.05, 0.1) is 16.9 Å². The molecule has 0 aliphatic carbocycles.